The first-order valence-electron chi connectivity index (χ1n) is 5.17. The fourth-order valence-electron chi connectivity index (χ4n) is 1.28. The first-order valence-corrected chi connectivity index (χ1v) is 6.05. The molecule has 0 aliphatic heterocycles. The van der Waals surface area contributed by atoms with E-state index in [1.165, 1.54) is 17.5 Å². The Morgan fingerprint density at radius 2 is 2.28 bits per heavy atom. The molecule has 0 bridgehead atoms. The lowest BCUT2D eigenvalue weighted by molar-refractivity contribution is 0.104. The number of anilines is 1. The van der Waals surface area contributed by atoms with Gasteiger partial charge in [0.05, 0.1) is 4.88 Å². The summed E-state index contributed by atoms with van der Waals surface area (Å²) in [5.41, 5.74) is 0.0584. The van der Waals surface area contributed by atoms with Gasteiger partial charge >= 0.3 is 0 Å². The van der Waals surface area contributed by atoms with E-state index in [9.17, 15) is 4.79 Å². The van der Waals surface area contributed by atoms with Crippen LogP contribution < -0.4 is 5.32 Å². The molecule has 4 nitrogen and oxygen atoms in total. The van der Waals surface area contributed by atoms with Gasteiger partial charge in [0.15, 0.2) is 0 Å². The molecule has 1 N–H and O–H groups in total. The number of Topliss-reactive ketones (excluding diaryl/α,β-unsaturated/α-hetero) is 1. The Morgan fingerprint density at radius 3 is 2.89 bits per heavy atom. The Balaban J connectivity index is 2.15. The molecule has 88 valence electrons. The Kier molecular flexibility index (Phi) is 3.84. The maximum atomic E-state index is 11.9. The fourth-order valence-corrected chi connectivity index (χ4v) is 1.96. The summed E-state index contributed by atoms with van der Waals surface area (Å²) in [7, 11) is 0. The number of allylic oxidation sites excluding steroid dienone is 1. The number of nitriles is 1. The van der Waals surface area contributed by atoms with Crippen LogP contribution in [0.25, 0.3) is 0 Å². The summed E-state index contributed by atoms with van der Waals surface area (Å²) in [6.07, 6.45) is 3.01. The average molecular weight is 255 g/mol. The summed E-state index contributed by atoms with van der Waals surface area (Å²) in [6.45, 7) is 0. The molecule has 0 aliphatic rings. The smallest absolute Gasteiger partial charge is 0.214 e. The minimum atomic E-state index is -0.282. The van der Waals surface area contributed by atoms with Crippen molar-refractivity contribution < 1.29 is 4.79 Å². The fraction of sp³-hybridized carbons (Fsp3) is 0. The maximum absolute atomic E-state index is 11.9. The van der Waals surface area contributed by atoms with Gasteiger partial charge in [-0.2, -0.15) is 5.26 Å². The van der Waals surface area contributed by atoms with Crippen molar-refractivity contribution in [3.63, 3.8) is 0 Å². The molecule has 18 heavy (non-hydrogen) atoms. The summed E-state index contributed by atoms with van der Waals surface area (Å²) in [5.74, 6) is 0.306. The Labute approximate surface area is 108 Å². The van der Waals surface area contributed by atoms with Crippen molar-refractivity contribution in [3.05, 3.63) is 58.6 Å². The normalized spacial score (nSPS) is 10.7. The standard InChI is InChI=1S/C13H9N3OS/c14-8-10(13(17)11-4-3-7-18-11)9-16-12-5-1-2-6-15-12/h1-7,9H,(H,15,16)/b10-9+. The van der Waals surface area contributed by atoms with Crippen molar-refractivity contribution in [2.45, 2.75) is 0 Å². The van der Waals surface area contributed by atoms with Gasteiger partial charge in [-0.05, 0) is 23.6 Å². The van der Waals surface area contributed by atoms with E-state index >= 15 is 0 Å². The van der Waals surface area contributed by atoms with Crippen molar-refractivity contribution in [1.29, 1.82) is 5.26 Å². The second-order valence-electron chi connectivity index (χ2n) is 3.34. The average Bonchev–Trinajstić information content (AvgIpc) is 2.94. The minimum Gasteiger partial charge on any atom is -0.345 e. The van der Waals surface area contributed by atoms with Crippen LogP contribution in [0, 0.1) is 11.3 Å². The molecular weight excluding hydrogens is 246 g/mol. The number of hydrogen-bond acceptors (Lipinski definition) is 5. The second-order valence-corrected chi connectivity index (χ2v) is 4.28. The third-order valence-electron chi connectivity index (χ3n) is 2.14. The number of nitrogens with one attached hydrogen (secondary N) is 1. The molecule has 0 radical (unpaired) electrons. The molecule has 0 saturated heterocycles. The van der Waals surface area contributed by atoms with Crippen molar-refractivity contribution in [2.75, 3.05) is 5.32 Å². The van der Waals surface area contributed by atoms with Crippen LogP contribution in [0.4, 0.5) is 5.82 Å². The van der Waals surface area contributed by atoms with Crippen molar-refractivity contribution in [2.24, 2.45) is 0 Å². The van der Waals surface area contributed by atoms with Crippen molar-refractivity contribution in [3.8, 4) is 6.07 Å². The van der Waals surface area contributed by atoms with Crippen LogP contribution in [-0.2, 0) is 0 Å². The molecule has 2 rings (SSSR count). The van der Waals surface area contributed by atoms with E-state index in [1.54, 1.807) is 35.8 Å². The summed E-state index contributed by atoms with van der Waals surface area (Å²) >= 11 is 1.31. The molecule has 2 heterocycles. The molecule has 0 aliphatic carbocycles. The summed E-state index contributed by atoms with van der Waals surface area (Å²) in [6, 6.07) is 10.7. The summed E-state index contributed by atoms with van der Waals surface area (Å²) in [5, 5.41) is 13.6. The molecule has 0 unspecified atom stereocenters. The molecule has 2 aromatic heterocycles. The number of thiophene rings is 1. The highest BCUT2D eigenvalue weighted by Gasteiger charge is 2.12. The van der Waals surface area contributed by atoms with Gasteiger partial charge in [0.2, 0.25) is 5.78 Å². The van der Waals surface area contributed by atoms with Crippen LogP contribution in [0.5, 0.6) is 0 Å². The Morgan fingerprint density at radius 1 is 1.39 bits per heavy atom. The highest BCUT2D eigenvalue weighted by molar-refractivity contribution is 7.12. The van der Waals surface area contributed by atoms with E-state index < -0.39 is 0 Å². The highest BCUT2D eigenvalue weighted by atomic mass is 32.1. The molecule has 0 amide bonds. The number of aromatic nitrogens is 1. The van der Waals surface area contributed by atoms with Gasteiger partial charge in [0, 0.05) is 12.4 Å². The molecule has 0 atom stereocenters. The van der Waals surface area contributed by atoms with Crippen LogP contribution in [0.3, 0.4) is 0 Å². The van der Waals surface area contributed by atoms with Crippen molar-refractivity contribution >= 4 is 22.9 Å². The number of hydrogen-bond donors (Lipinski definition) is 1. The Bertz CT molecular complexity index is 597. The maximum Gasteiger partial charge on any atom is 0.214 e. The third-order valence-corrected chi connectivity index (χ3v) is 3.01. The van der Waals surface area contributed by atoms with E-state index in [0.29, 0.717) is 10.7 Å². The Hall–Kier alpha value is -2.45. The highest BCUT2D eigenvalue weighted by Crippen LogP contribution is 2.14. The second kappa shape index (κ2) is 5.75. The number of rotatable bonds is 4. The summed E-state index contributed by atoms with van der Waals surface area (Å²) < 4.78 is 0. The van der Waals surface area contributed by atoms with Crippen molar-refractivity contribution in [1.82, 2.24) is 4.98 Å². The van der Waals surface area contributed by atoms with Crippen LogP contribution in [-0.4, -0.2) is 10.8 Å². The molecule has 0 saturated carbocycles. The lowest BCUT2D eigenvalue weighted by atomic mass is 10.2. The van der Waals surface area contributed by atoms with E-state index in [-0.39, 0.29) is 11.4 Å². The van der Waals surface area contributed by atoms with Crippen LogP contribution >= 0.6 is 11.3 Å². The summed E-state index contributed by atoms with van der Waals surface area (Å²) in [4.78, 5) is 16.5. The van der Waals surface area contributed by atoms with Gasteiger partial charge in [-0.25, -0.2) is 4.98 Å². The van der Waals surface area contributed by atoms with Gasteiger partial charge in [-0.3, -0.25) is 4.79 Å². The van der Waals surface area contributed by atoms with Gasteiger partial charge < -0.3 is 5.32 Å². The first-order chi connectivity index (χ1) is 8.81. The van der Waals surface area contributed by atoms with E-state index in [4.69, 9.17) is 5.26 Å². The number of carbonyl (C=O) groups excluding carboxylic acids is 1. The predicted octanol–water partition coefficient (Wildman–Crippen LogP) is 2.85. The largest absolute Gasteiger partial charge is 0.345 e. The van der Waals surface area contributed by atoms with E-state index in [0.717, 1.165) is 0 Å². The number of nitrogens with zero attached hydrogens (tertiary/aromatic N) is 2. The lowest BCUT2D eigenvalue weighted by Crippen LogP contribution is -2.02. The van der Waals surface area contributed by atoms with Gasteiger partial charge in [0.1, 0.15) is 17.5 Å². The third kappa shape index (κ3) is 2.81. The van der Waals surface area contributed by atoms with Gasteiger partial charge in [-0.15, -0.1) is 11.3 Å². The van der Waals surface area contributed by atoms with Crippen LogP contribution in [0.2, 0.25) is 0 Å². The van der Waals surface area contributed by atoms with Gasteiger partial charge in [0.25, 0.3) is 0 Å². The topological polar surface area (TPSA) is 65.8 Å². The number of pyridine rings is 1. The molecular formula is C13H9N3OS. The van der Waals surface area contributed by atoms with E-state index in [1.807, 2.05) is 12.1 Å². The zero-order valence-electron chi connectivity index (χ0n) is 9.33. The molecule has 0 fully saturated rings. The minimum absolute atomic E-state index is 0.0584. The molecule has 2 aromatic rings. The quantitative estimate of drug-likeness (QED) is 0.518. The van der Waals surface area contributed by atoms with Gasteiger partial charge in [-0.1, -0.05) is 12.1 Å². The SMILES string of the molecule is N#C/C(=C\Nc1ccccn1)C(=O)c1cccs1. The first kappa shape index (κ1) is 12.0. The monoisotopic (exact) mass is 255 g/mol. The zero-order chi connectivity index (χ0) is 12.8. The number of carbonyl (C=O) groups is 1. The molecule has 0 aromatic carbocycles. The molecule has 0 spiro atoms. The molecule has 5 heteroatoms. The van der Waals surface area contributed by atoms with Crippen LogP contribution in [0.1, 0.15) is 9.67 Å². The van der Waals surface area contributed by atoms with E-state index in [2.05, 4.69) is 10.3 Å². The lowest BCUT2D eigenvalue weighted by Gasteiger charge is -1.99. The zero-order valence-corrected chi connectivity index (χ0v) is 10.1. The predicted molar refractivity (Wildman–Crippen MR) is 70.2 cm³/mol. The van der Waals surface area contributed by atoms with Crippen LogP contribution in [0.15, 0.2) is 53.7 Å². The number of ketones is 1.